The zero-order valence-corrected chi connectivity index (χ0v) is 12.0. The summed E-state index contributed by atoms with van der Waals surface area (Å²) in [6.07, 6.45) is 0.154. The highest BCUT2D eigenvalue weighted by atomic mass is 32.2. The monoisotopic (exact) mass is 302 g/mol. The van der Waals surface area contributed by atoms with Gasteiger partial charge in [-0.1, -0.05) is 6.92 Å². The first kappa shape index (κ1) is 16.1. The average Bonchev–Trinajstić information content (AvgIpc) is 2.42. The van der Waals surface area contributed by atoms with Crippen molar-refractivity contribution >= 4 is 22.1 Å². The van der Waals surface area contributed by atoms with E-state index in [4.69, 9.17) is 0 Å². The summed E-state index contributed by atoms with van der Waals surface area (Å²) in [5.74, 6) is -1.64. The molecular weight excluding hydrogens is 288 g/mol. The quantitative estimate of drug-likeness (QED) is 0.654. The van der Waals surface area contributed by atoms with Crippen LogP contribution in [0.3, 0.4) is 0 Å². The Hall–Kier alpha value is -1.93. The number of esters is 2. The van der Waals surface area contributed by atoms with E-state index >= 15 is 0 Å². The van der Waals surface area contributed by atoms with Crippen LogP contribution in [0.15, 0.2) is 17.0 Å². The lowest BCUT2D eigenvalue weighted by Crippen LogP contribution is -2.14. The lowest BCUT2D eigenvalue weighted by Gasteiger charge is -2.12. The third kappa shape index (κ3) is 3.14. The Balaban J connectivity index is 3.74. The third-order valence-corrected chi connectivity index (χ3v) is 3.59. The minimum Gasteiger partial charge on any atom is -0.465 e. The lowest BCUT2D eigenvalue weighted by molar-refractivity contribution is 0.0598. The molecule has 0 aromatic heterocycles. The Bertz CT molecular complexity index is 646. The predicted molar refractivity (Wildman–Crippen MR) is 68.3 cm³/mol. The van der Waals surface area contributed by atoms with Crippen LogP contribution in [-0.4, -0.2) is 39.1 Å². The second-order valence-corrected chi connectivity index (χ2v) is 5.20. The van der Waals surface area contributed by atoms with Crippen LogP contribution in [0.25, 0.3) is 0 Å². The molecule has 1 aromatic carbocycles. The number of rotatable bonds is 4. The fourth-order valence-corrected chi connectivity index (χ4v) is 2.61. The zero-order valence-electron chi connectivity index (χ0n) is 11.2. The van der Waals surface area contributed by atoms with Crippen LogP contribution in [0.2, 0.25) is 0 Å². The van der Waals surface area contributed by atoms with E-state index in [-0.39, 0.29) is 23.1 Å². The molecule has 0 saturated carbocycles. The van der Waals surface area contributed by atoms with E-state index in [9.17, 15) is 22.6 Å². The molecule has 7 nitrogen and oxygen atoms in total. The molecule has 0 heterocycles. The van der Waals surface area contributed by atoms with Gasteiger partial charge in [-0.05, 0) is 24.1 Å². The second-order valence-electron chi connectivity index (χ2n) is 3.81. The fraction of sp³-hybridized carbons (Fsp3) is 0.333. The van der Waals surface area contributed by atoms with Crippen LogP contribution >= 0.6 is 0 Å². The minimum atomic E-state index is -4.59. The van der Waals surface area contributed by atoms with Crippen molar-refractivity contribution in [2.24, 2.45) is 0 Å². The third-order valence-electron chi connectivity index (χ3n) is 2.67. The molecule has 1 N–H and O–H groups in total. The normalized spacial score (nSPS) is 11.0. The Morgan fingerprint density at radius 1 is 1.15 bits per heavy atom. The molecule has 0 unspecified atom stereocenters. The molecule has 0 atom stereocenters. The van der Waals surface area contributed by atoms with Gasteiger partial charge in [-0.2, -0.15) is 8.42 Å². The Morgan fingerprint density at radius 2 is 1.70 bits per heavy atom. The van der Waals surface area contributed by atoms with E-state index in [2.05, 4.69) is 9.47 Å². The van der Waals surface area contributed by atoms with E-state index in [1.807, 2.05) is 0 Å². The van der Waals surface area contributed by atoms with E-state index in [1.54, 1.807) is 6.92 Å². The van der Waals surface area contributed by atoms with Crippen molar-refractivity contribution in [3.63, 3.8) is 0 Å². The fourth-order valence-electron chi connectivity index (χ4n) is 1.77. The molecular formula is C12H14O7S. The van der Waals surface area contributed by atoms with Gasteiger partial charge in [-0.25, -0.2) is 9.59 Å². The largest absolute Gasteiger partial charge is 0.465 e. The molecule has 20 heavy (non-hydrogen) atoms. The van der Waals surface area contributed by atoms with Crippen LogP contribution in [0.5, 0.6) is 0 Å². The molecule has 0 spiro atoms. The van der Waals surface area contributed by atoms with Crippen LogP contribution in [-0.2, 0) is 26.0 Å². The van der Waals surface area contributed by atoms with Gasteiger partial charge in [0.25, 0.3) is 10.1 Å². The molecule has 1 rings (SSSR count). The van der Waals surface area contributed by atoms with Gasteiger partial charge in [0.1, 0.15) is 0 Å². The standard InChI is InChI=1S/C12H14O7S/c1-4-8-9(12(14)19-3)5-7(11(13)18-2)6-10(8)20(15,16)17/h5-6H,4H2,1-3H3,(H,15,16,17). The van der Waals surface area contributed by atoms with Crippen molar-refractivity contribution in [2.75, 3.05) is 14.2 Å². The molecule has 1 aromatic rings. The van der Waals surface area contributed by atoms with Gasteiger partial charge in [0, 0.05) is 0 Å². The molecule has 0 aliphatic heterocycles. The highest BCUT2D eigenvalue weighted by molar-refractivity contribution is 7.85. The van der Waals surface area contributed by atoms with Crippen molar-refractivity contribution in [3.8, 4) is 0 Å². The first-order chi connectivity index (χ1) is 9.26. The summed E-state index contributed by atoms with van der Waals surface area (Å²) in [6, 6.07) is 2.14. The highest BCUT2D eigenvalue weighted by Gasteiger charge is 2.24. The van der Waals surface area contributed by atoms with Gasteiger partial charge in [0.05, 0.1) is 30.2 Å². The number of hydrogen-bond acceptors (Lipinski definition) is 6. The number of carbonyl (C=O) groups excluding carboxylic acids is 2. The minimum absolute atomic E-state index is 0.0759. The number of hydrogen-bond donors (Lipinski definition) is 1. The number of methoxy groups -OCH3 is 2. The maximum atomic E-state index is 11.7. The van der Waals surface area contributed by atoms with E-state index in [0.29, 0.717) is 0 Å². The number of benzene rings is 1. The van der Waals surface area contributed by atoms with E-state index < -0.39 is 27.0 Å². The van der Waals surface area contributed by atoms with Gasteiger partial charge in [0.2, 0.25) is 0 Å². The Labute approximate surface area is 116 Å². The topological polar surface area (TPSA) is 107 Å². The van der Waals surface area contributed by atoms with Gasteiger partial charge >= 0.3 is 11.9 Å². The Kier molecular flexibility index (Phi) is 4.85. The molecule has 110 valence electrons. The summed E-state index contributed by atoms with van der Waals surface area (Å²) in [5.41, 5.74) is -0.199. The van der Waals surface area contributed by atoms with Crippen LogP contribution in [0, 0.1) is 0 Å². The summed E-state index contributed by atoms with van der Waals surface area (Å²) < 4.78 is 41.0. The van der Waals surface area contributed by atoms with E-state index in [1.165, 1.54) is 6.07 Å². The van der Waals surface area contributed by atoms with Gasteiger partial charge in [-0.15, -0.1) is 0 Å². The van der Waals surface area contributed by atoms with Gasteiger partial charge in [0.15, 0.2) is 0 Å². The molecule has 0 bridgehead atoms. The molecule has 0 fully saturated rings. The molecule has 8 heteroatoms. The summed E-state index contributed by atoms with van der Waals surface area (Å²) in [4.78, 5) is 22.7. The predicted octanol–water partition coefficient (Wildman–Crippen LogP) is 1.07. The summed E-state index contributed by atoms with van der Waals surface area (Å²) in [6.45, 7) is 1.61. The first-order valence-electron chi connectivity index (χ1n) is 5.57. The van der Waals surface area contributed by atoms with Gasteiger partial charge in [-0.3, -0.25) is 4.55 Å². The zero-order chi connectivity index (χ0) is 15.5. The van der Waals surface area contributed by atoms with Crippen LogP contribution < -0.4 is 0 Å². The smallest absolute Gasteiger partial charge is 0.338 e. The summed E-state index contributed by atoms with van der Waals surface area (Å²) >= 11 is 0. The van der Waals surface area contributed by atoms with Crippen molar-refractivity contribution in [2.45, 2.75) is 18.2 Å². The molecule has 0 saturated heterocycles. The number of ether oxygens (including phenoxy) is 2. The van der Waals surface area contributed by atoms with Crippen molar-refractivity contribution in [3.05, 3.63) is 28.8 Å². The lowest BCUT2D eigenvalue weighted by atomic mass is 10.0. The maximum absolute atomic E-state index is 11.7. The summed E-state index contributed by atoms with van der Waals surface area (Å²) in [7, 11) is -2.35. The highest BCUT2D eigenvalue weighted by Crippen LogP contribution is 2.24. The molecule has 0 aliphatic carbocycles. The van der Waals surface area contributed by atoms with Crippen molar-refractivity contribution in [1.82, 2.24) is 0 Å². The van der Waals surface area contributed by atoms with Crippen molar-refractivity contribution in [1.29, 1.82) is 0 Å². The van der Waals surface area contributed by atoms with Gasteiger partial charge < -0.3 is 9.47 Å². The summed E-state index contributed by atoms with van der Waals surface area (Å²) in [5, 5.41) is 0. The number of carbonyl (C=O) groups is 2. The molecule has 0 aliphatic rings. The van der Waals surface area contributed by atoms with Crippen LogP contribution in [0.4, 0.5) is 0 Å². The SMILES string of the molecule is CCc1c(C(=O)OC)cc(C(=O)OC)cc1S(=O)(=O)O. The molecule has 0 amide bonds. The van der Waals surface area contributed by atoms with Crippen molar-refractivity contribution < 1.29 is 32.0 Å². The van der Waals surface area contributed by atoms with E-state index in [0.717, 1.165) is 20.3 Å². The Morgan fingerprint density at radius 3 is 2.10 bits per heavy atom. The van der Waals surface area contributed by atoms with Crippen LogP contribution in [0.1, 0.15) is 33.2 Å². The maximum Gasteiger partial charge on any atom is 0.338 e. The average molecular weight is 302 g/mol. The second kappa shape index (κ2) is 6.02. The first-order valence-corrected chi connectivity index (χ1v) is 7.01. The molecule has 0 radical (unpaired) electrons.